The van der Waals surface area contributed by atoms with Crippen molar-refractivity contribution in [3.8, 4) is 28.7 Å². The predicted octanol–water partition coefficient (Wildman–Crippen LogP) is 3.17. The van der Waals surface area contributed by atoms with E-state index >= 15 is 0 Å². The van der Waals surface area contributed by atoms with Crippen LogP contribution in [0.3, 0.4) is 0 Å². The largest absolute Gasteiger partial charge is 0.493 e. The molecule has 0 aliphatic rings. The third kappa shape index (κ3) is 6.13. The van der Waals surface area contributed by atoms with Crippen LogP contribution in [0.1, 0.15) is 25.6 Å². The molecule has 29 heavy (non-hydrogen) atoms. The molecule has 158 valence electrons. The van der Waals surface area contributed by atoms with Crippen molar-refractivity contribution in [2.75, 3.05) is 46.4 Å². The zero-order valence-electron chi connectivity index (χ0n) is 17.3. The third-order valence-corrected chi connectivity index (χ3v) is 3.97. The van der Waals surface area contributed by atoms with Crippen molar-refractivity contribution >= 4 is 12.0 Å². The van der Waals surface area contributed by atoms with Gasteiger partial charge in [0.15, 0.2) is 28.9 Å². The lowest BCUT2D eigenvalue weighted by atomic mass is 10.2. The molecule has 0 fully saturated rings. The Labute approximate surface area is 170 Å². The molecule has 9 heteroatoms. The second-order valence-electron chi connectivity index (χ2n) is 5.92. The smallest absolute Gasteiger partial charge is 0.203 e. The van der Waals surface area contributed by atoms with Gasteiger partial charge in [-0.05, 0) is 6.42 Å². The van der Waals surface area contributed by atoms with E-state index in [1.165, 1.54) is 0 Å². The minimum absolute atomic E-state index is 0.284. The average molecular weight is 404 g/mol. The van der Waals surface area contributed by atoms with Crippen molar-refractivity contribution in [2.24, 2.45) is 0 Å². The SMILES string of the molecule is CCCCNc1nc(C=N)ncc1OCCOc1cc(OC)c(OC)c(OC)c1. The zero-order valence-corrected chi connectivity index (χ0v) is 17.3. The third-order valence-electron chi connectivity index (χ3n) is 3.97. The van der Waals surface area contributed by atoms with Crippen molar-refractivity contribution in [3.63, 3.8) is 0 Å². The summed E-state index contributed by atoms with van der Waals surface area (Å²) in [6.45, 7) is 3.46. The number of ether oxygens (including phenoxy) is 5. The number of benzene rings is 1. The fourth-order valence-electron chi connectivity index (χ4n) is 2.52. The first-order valence-corrected chi connectivity index (χ1v) is 9.33. The van der Waals surface area contributed by atoms with Gasteiger partial charge in [0.2, 0.25) is 5.75 Å². The molecule has 0 unspecified atom stereocenters. The molecule has 2 N–H and O–H groups in total. The summed E-state index contributed by atoms with van der Waals surface area (Å²) in [4.78, 5) is 8.37. The molecule has 0 bridgehead atoms. The molecule has 0 atom stereocenters. The average Bonchev–Trinajstić information content (AvgIpc) is 2.76. The highest BCUT2D eigenvalue weighted by Gasteiger charge is 2.14. The molecule has 9 nitrogen and oxygen atoms in total. The van der Waals surface area contributed by atoms with Crippen LogP contribution >= 0.6 is 0 Å². The summed E-state index contributed by atoms with van der Waals surface area (Å²) in [5.74, 6) is 3.51. The van der Waals surface area contributed by atoms with Crippen LogP contribution in [0.5, 0.6) is 28.7 Å². The quantitative estimate of drug-likeness (QED) is 0.387. The number of hydrogen-bond donors (Lipinski definition) is 2. The highest BCUT2D eigenvalue weighted by atomic mass is 16.5. The van der Waals surface area contributed by atoms with Gasteiger partial charge < -0.3 is 34.4 Å². The lowest BCUT2D eigenvalue weighted by Crippen LogP contribution is -2.13. The standard InChI is InChI=1S/C20H28N4O5/c1-5-6-7-22-20-17(13-23-18(12-21)24-20)29-9-8-28-14-10-15(25-2)19(27-4)16(11-14)26-3/h10-13,21H,5-9H2,1-4H3,(H,22,23,24). The Morgan fingerprint density at radius 3 is 2.28 bits per heavy atom. The van der Waals surface area contributed by atoms with Gasteiger partial charge in [0.25, 0.3) is 0 Å². The summed E-state index contributed by atoms with van der Waals surface area (Å²) in [7, 11) is 4.65. The van der Waals surface area contributed by atoms with E-state index in [2.05, 4.69) is 22.2 Å². The molecule has 0 amide bonds. The van der Waals surface area contributed by atoms with Gasteiger partial charge >= 0.3 is 0 Å². The maximum Gasteiger partial charge on any atom is 0.203 e. The fourth-order valence-corrected chi connectivity index (χ4v) is 2.52. The fraction of sp³-hybridized carbons (Fsp3) is 0.450. The Balaban J connectivity index is 1.99. The van der Waals surface area contributed by atoms with Crippen LogP contribution in [-0.2, 0) is 0 Å². The number of rotatable bonds is 13. The lowest BCUT2D eigenvalue weighted by Gasteiger charge is -2.15. The molecule has 1 aromatic heterocycles. The maximum absolute atomic E-state index is 7.31. The molecule has 1 heterocycles. The summed E-state index contributed by atoms with van der Waals surface area (Å²) in [6.07, 6.45) is 4.73. The molecule has 0 saturated carbocycles. The van der Waals surface area contributed by atoms with E-state index in [9.17, 15) is 0 Å². The number of unbranched alkanes of at least 4 members (excludes halogenated alkanes) is 1. The molecule has 0 spiro atoms. The van der Waals surface area contributed by atoms with Crippen LogP contribution in [0.25, 0.3) is 0 Å². The maximum atomic E-state index is 7.31. The van der Waals surface area contributed by atoms with E-state index in [-0.39, 0.29) is 6.61 Å². The van der Waals surface area contributed by atoms with Gasteiger partial charge in [0.1, 0.15) is 19.0 Å². The minimum Gasteiger partial charge on any atom is -0.493 e. The van der Waals surface area contributed by atoms with E-state index in [0.29, 0.717) is 47.0 Å². The van der Waals surface area contributed by atoms with Crippen LogP contribution < -0.4 is 29.0 Å². The van der Waals surface area contributed by atoms with Gasteiger partial charge in [-0.1, -0.05) is 13.3 Å². The van der Waals surface area contributed by atoms with Crippen molar-refractivity contribution in [1.82, 2.24) is 9.97 Å². The Kier molecular flexibility index (Phi) is 8.81. The molecule has 2 rings (SSSR count). The van der Waals surface area contributed by atoms with Crippen LogP contribution in [-0.4, -0.2) is 57.3 Å². The van der Waals surface area contributed by atoms with Gasteiger partial charge in [-0.3, -0.25) is 0 Å². The molecule has 2 aromatic rings. The first kappa shape index (κ1) is 22.1. The van der Waals surface area contributed by atoms with Gasteiger partial charge in [-0.2, -0.15) is 0 Å². The summed E-state index contributed by atoms with van der Waals surface area (Å²) in [5, 5.41) is 10.5. The molecule has 0 aliphatic carbocycles. The molecule has 0 aliphatic heterocycles. The molecule has 0 saturated heterocycles. The summed E-state index contributed by atoms with van der Waals surface area (Å²) in [6, 6.07) is 3.45. The van der Waals surface area contributed by atoms with Crippen molar-refractivity contribution in [1.29, 1.82) is 5.41 Å². The minimum atomic E-state index is 0.284. The Bertz CT molecular complexity index is 775. The highest BCUT2D eigenvalue weighted by Crippen LogP contribution is 2.40. The summed E-state index contributed by atoms with van der Waals surface area (Å²) >= 11 is 0. The normalized spacial score (nSPS) is 10.2. The van der Waals surface area contributed by atoms with Crippen LogP contribution in [0.2, 0.25) is 0 Å². The molecular weight excluding hydrogens is 376 g/mol. The van der Waals surface area contributed by atoms with E-state index in [1.807, 2.05) is 0 Å². The van der Waals surface area contributed by atoms with E-state index < -0.39 is 0 Å². The zero-order chi connectivity index (χ0) is 21.1. The number of aromatic nitrogens is 2. The predicted molar refractivity (Wildman–Crippen MR) is 110 cm³/mol. The number of methoxy groups -OCH3 is 3. The second kappa shape index (κ2) is 11.6. The summed E-state index contributed by atoms with van der Waals surface area (Å²) < 4.78 is 27.5. The molecule has 0 radical (unpaired) electrons. The molecular formula is C20H28N4O5. The Morgan fingerprint density at radius 2 is 1.69 bits per heavy atom. The number of anilines is 1. The van der Waals surface area contributed by atoms with E-state index in [4.69, 9.17) is 29.1 Å². The van der Waals surface area contributed by atoms with Crippen LogP contribution in [0.15, 0.2) is 18.3 Å². The number of nitrogens with zero attached hydrogens (tertiary/aromatic N) is 2. The van der Waals surface area contributed by atoms with Gasteiger partial charge in [-0.25, -0.2) is 9.97 Å². The number of nitrogens with one attached hydrogen (secondary N) is 2. The van der Waals surface area contributed by atoms with Gasteiger partial charge in [0.05, 0.1) is 33.7 Å². The van der Waals surface area contributed by atoms with Crippen molar-refractivity contribution in [3.05, 3.63) is 24.2 Å². The topological polar surface area (TPSA) is 108 Å². The highest BCUT2D eigenvalue weighted by molar-refractivity contribution is 5.72. The van der Waals surface area contributed by atoms with Crippen molar-refractivity contribution < 1.29 is 23.7 Å². The number of hydrogen-bond acceptors (Lipinski definition) is 9. The summed E-state index contributed by atoms with van der Waals surface area (Å²) in [5.41, 5.74) is 0. The first-order valence-electron chi connectivity index (χ1n) is 9.33. The second-order valence-corrected chi connectivity index (χ2v) is 5.92. The molecule has 1 aromatic carbocycles. The van der Waals surface area contributed by atoms with Crippen LogP contribution in [0.4, 0.5) is 5.82 Å². The van der Waals surface area contributed by atoms with E-state index in [1.54, 1.807) is 39.7 Å². The van der Waals surface area contributed by atoms with Gasteiger partial charge in [-0.15, -0.1) is 0 Å². The van der Waals surface area contributed by atoms with Gasteiger partial charge in [0, 0.05) is 18.7 Å². The van der Waals surface area contributed by atoms with Crippen LogP contribution in [0, 0.1) is 5.41 Å². The lowest BCUT2D eigenvalue weighted by molar-refractivity contribution is 0.215. The Hall–Kier alpha value is -3.23. The van der Waals surface area contributed by atoms with E-state index in [0.717, 1.165) is 25.6 Å². The monoisotopic (exact) mass is 404 g/mol. The first-order chi connectivity index (χ1) is 14.2. The van der Waals surface area contributed by atoms with Crippen molar-refractivity contribution in [2.45, 2.75) is 19.8 Å². The Morgan fingerprint density at radius 1 is 1.00 bits per heavy atom.